The molecule has 0 spiro atoms. The Morgan fingerprint density at radius 2 is 1.75 bits per heavy atom. The Morgan fingerprint density at radius 3 is 2.17 bits per heavy atom. The molecule has 0 bridgehead atoms. The minimum absolute atomic E-state index is 0.0330. The van der Waals surface area contributed by atoms with Gasteiger partial charge in [0.15, 0.2) is 0 Å². The topological polar surface area (TPSA) is 3.24 Å². The monoisotopic (exact) mass is 185 g/mol. The van der Waals surface area contributed by atoms with Gasteiger partial charge in [-0.05, 0) is 31.8 Å². The Morgan fingerprint density at radius 1 is 1.25 bits per heavy atom. The summed E-state index contributed by atoms with van der Waals surface area (Å²) in [5.74, 6) is -0.210. The molecule has 1 rings (SSSR count). The van der Waals surface area contributed by atoms with Crippen molar-refractivity contribution in [3.05, 3.63) is 35.6 Å². The molecule has 0 amide bonds. The summed E-state index contributed by atoms with van der Waals surface area (Å²) in [6.45, 7) is 0. The van der Waals surface area contributed by atoms with Crippen molar-refractivity contribution in [3.63, 3.8) is 0 Å². The van der Waals surface area contributed by atoms with Gasteiger partial charge in [-0.1, -0.05) is 12.1 Å². The molecule has 0 aromatic heterocycles. The number of hydrogen-bond donors (Lipinski definition) is 1. The van der Waals surface area contributed by atoms with Gasteiger partial charge in [-0.2, -0.15) is 12.6 Å². The van der Waals surface area contributed by atoms with Crippen molar-refractivity contribution in [1.29, 1.82) is 0 Å². The van der Waals surface area contributed by atoms with E-state index in [9.17, 15) is 4.39 Å². The van der Waals surface area contributed by atoms with Gasteiger partial charge in [-0.3, -0.25) is 4.90 Å². The third-order valence-corrected chi connectivity index (χ3v) is 2.42. The second kappa shape index (κ2) is 3.92. The second-order valence-electron chi connectivity index (χ2n) is 2.89. The van der Waals surface area contributed by atoms with Crippen LogP contribution in [-0.2, 0) is 0 Å². The Kier molecular flexibility index (Phi) is 3.12. The fourth-order valence-electron chi connectivity index (χ4n) is 0.933. The fraction of sp³-hybridized carbons (Fsp3) is 0.333. The van der Waals surface area contributed by atoms with Gasteiger partial charge in [0, 0.05) is 0 Å². The highest BCUT2D eigenvalue weighted by molar-refractivity contribution is 7.80. The number of benzene rings is 1. The zero-order chi connectivity index (χ0) is 9.14. The maximum atomic E-state index is 12.5. The summed E-state index contributed by atoms with van der Waals surface area (Å²) >= 11 is 4.35. The third-order valence-electron chi connectivity index (χ3n) is 1.66. The molecule has 0 N–H and O–H groups in total. The summed E-state index contributed by atoms with van der Waals surface area (Å²) in [7, 11) is 3.86. The smallest absolute Gasteiger partial charge is 0.123 e. The van der Waals surface area contributed by atoms with Crippen LogP contribution in [0.25, 0.3) is 0 Å². The van der Waals surface area contributed by atoms with E-state index in [1.165, 1.54) is 12.1 Å². The summed E-state index contributed by atoms with van der Waals surface area (Å²) in [5.41, 5.74) is 1.00. The summed E-state index contributed by atoms with van der Waals surface area (Å²) in [5, 5.41) is 0.0330. The van der Waals surface area contributed by atoms with Gasteiger partial charge in [-0.15, -0.1) is 0 Å². The number of halogens is 1. The van der Waals surface area contributed by atoms with Crippen LogP contribution in [0.5, 0.6) is 0 Å². The molecular formula is C9H12FNS. The highest BCUT2D eigenvalue weighted by Gasteiger charge is 2.07. The molecule has 0 aliphatic rings. The van der Waals surface area contributed by atoms with Crippen LogP contribution in [0.2, 0.25) is 0 Å². The van der Waals surface area contributed by atoms with Crippen LogP contribution in [0.3, 0.4) is 0 Å². The first-order chi connectivity index (χ1) is 5.61. The molecule has 0 radical (unpaired) electrons. The zero-order valence-corrected chi connectivity index (χ0v) is 8.05. The maximum absolute atomic E-state index is 12.5. The third kappa shape index (κ3) is 2.22. The molecule has 1 aromatic carbocycles. The van der Waals surface area contributed by atoms with E-state index in [1.807, 2.05) is 19.0 Å². The van der Waals surface area contributed by atoms with Crippen LogP contribution in [0.4, 0.5) is 4.39 Å². The molecule has 0 aliphatic carbocycles. The van der Waals surface area contributed by atoms with Crippen LogP contribution in [0.1, 0.15) is 10.9 Å². The Labute approximate surface area is 77.6 Å². The Hall–Kier alpha value is -0.540. The van der Waals surface area contributed by atoms with Gasteiger partial charge in [0.25, 0.3) is 0 Å². The van der Waals surface area contributed by atoms with E-state index in [0.717, 1.165) is 5.56 Å². The predicted octanol–water partition coefficient (Wildman–Crippen LogP) is 2.32. The van der Waals surface area contributed by atoms with Gasteiger partial charge in [0.2, 0.25) is 0 Å². The zero-order valence-electron chi connectivity index (χ0n) is 7.16. The first-order valence-electron chi connectivity index (χ1n) is 3.71. The lowest BCUT2D eigenvalue weighted by Gasteiger charge is -2.18. The van der Waals surface area contributed by atoms with Crippen molar-refractivity contribution in [2.75, 3.05) is 14.1 Å². The largest absolute Gasteiger partial charge is 0.294 e. The van der Waals surface area contributed by atoms with Gasteiger partial charge in [-0.25, -0.2) is 4.39 Å². The number of rotatable bonds is 2. The van der Waals surface area contributed by atoms with E-state index in [0.29, 0.717) is 0 Å². The second-order valence-corrected chi connectivity index (χ2v) is 3.38. The molecule has 1 atom stereocenters. The highest BCUT2D eigenvalue weighted by atomic mass is 32.1. The minimum atomic E-state index is -0.210. The van der Waals surface area contributed by atoms with Crippen molar-refractivity contribution < 1.29 is 4.39 Å². The van der Waals surface area contributed by atoms with Crippen LogP contribution in [0.15, 0.2) is 24.3 Å². The first-order valence-corrected chi connectivity index (χ1v) is 4.23. The number of hydrogen-bond acceptors (Lipinski definition) is 2. The Bertz CT molecular complexity index is 245. The summed E-state index contributed by atoms with van der Waals surface area (Å²) < 4.78 is 12.5. The normalized spacial score (nSPS) is 13.4. The van der Waals surface area contributed by atoms with E-state index >= 15 is 0 Å². The molecule has 0 saturated heterocycles. The molecular weight excluding hydrogens is 173 g/mol. The van der Waals surface area contributed by atoms with Crippen molar-refractivity contribution in [2.24, 2.45) is 0 Å². The lowest BCUT2D eigenvalue weighted by molar-refractivity contribution is 0.393. The summed E-state index contributed by atoms with van der Waals surface area (Å²) in [6.07, 6.45) is 0. The molecule has 1 nitrogen and oxygen atoms in total. The quantitative estimate of drug-likeness (QED) is 0.546. The molecule has 0 heterocycles. The molecule has 0 aliphatic heterocycles. The standard InChI is InChI=1S/C9H12FNS/c1-11(2)9(12)7-3-5-8(10)6-4-7/h3-6,9,12H,1-2H3. The molecule has 1 aromatic rings. The van der Waals surface area contributed by atoms with Gasteiger partial charge in [0.1, 0.15) is 5.82 Å². The van der Waals surface area contributed by atoms with Gasteiger partial charge in [0.05, 0.1) is 5.37 Å². The van der Waals surface area contributed by atoms with E-state index in [-0.39, 0.29) is 11.2 Å². The number of thiol groups is 1. The van der Waals surface area contributed by atoms with Gasteiger partial charge >= 0.3 is 0 Å². The minimum Gasteiger partial charge on any atom is -0.294 e. The fourth-order valence-corrected chi connectivity index (χ4v) is 1.11. The van der Waals surface area contributed by atoms with E-state index in [2.05, 4.69) is 12.6 Å². The van der Waals surface area contributed by atoms with Gasteiger partial charge < -0.3 is 0 Å². The van der Waals surface area contributed by atoms with Crippen LogP contribution < -0.4 is 0 Å². The van der Waals surface area contributed by atoms with Crippen LogP contribution in [-0.4, -0.2) is 19.0 Å². The lowest BCUT2D eigenvalue weighted by atomic mass is 10.2. The van der Waals surface area contributed by atoms with Crippen molar-refractivity contribution >= 4 is 12.6 Å². The molecule has 0 saturated carbocycles. The predicted molar refractivity (Wildman–Crippen MR) is 51.8 cm³/mol. The highest BCUT2D eigenvalue weighted by Crippen LogP contribution is 2.21. The molecule has 12 heavy (non-hydrogen) atoms. The maximum Gasteiger partial charge on any atom is 0.123 e. The van der Waals surface area contributed by atoms with E-state index in [1.54, 1.807) is 12.1 Å². The average molecular weight is 185 g/mol. The number of nitrogens with zero attached hydrogens (tertiary/aromatic N) is 1. The van der Waals surface area contributed by atoms with Crippen LogP contribution >= 0.6 is 12.6 Å². The summed E-state index contributed by atoms with van der Waals surface area (Å²) in [6, 6.07) is 6.38. The van der Waals surface area contributed by atoms with E-state index in [4.69, 9.17) is 0 Å². The first kappa shape index (κ1) is 9.55. The SMILES string of the molecule is CN(C)C(S)c1ccc(F)cc1. The molecule has 3 heteroatoms. The Balaban J connectivity index is 2.82. The van der Waals surface area contributed by atoms with Crippen molar-refractivity contribution in [2.45, 2.75) is 5.37 Å². The van der Waals surface area contributed by atoms with E-state index < -0.39 is 0 Å². The summed E-state index contributed by atoms with van der Waals surface area (Å²) in [4.78, 5) is 1.95. The average Bonchev–Trinajstić information content (AvgIpc) is 2.04. The molecule has 1 unspecified atom stereocenters. The molecule has 66 valence electrons. The molecule has 0 fully saturated rings. The van der Waals surface area contributed by atoms with Crippen LogP contribution in [0, 0.1) is 5.82 Å². The van der Waals surface area contributed by atoms with Crippen molar-refractivity contribution in [1.82, 2.24) is 4.90 Å². The lowest BCUT2D eigenvalue weighted by Crippen LogP contribution is -2.14. The van der Waals surface area contributed by atoms with Crippen molar-refractivity contribution in [3.8, 4) is 0 Å².